The molecule has 0 aromatic heterocycles. The number of rotatable bonds is 7. The number of nitrogens with zero attached hydrogens (tertiary/aromatic N) is 1. The first-order valence-electron chi connectivity index (χ1n) is 9.56. The van der Waals surface area contributed by atoms with Gasteiger partial charge in [-0.3, -0.25) is 9.69 Å². The van der Waals surface area contributed by atoms with Crippen LogP contribution in [-0.2, 0) is 4.74 Å². The van der Waals surface area contributed by atoms with Gasteiger partial charge in [0.2, 0.25) is 0 Å². The zero-order chi connectivity index (χ0) is 19.1. The van der Waals surface area contributed by atoms with Gasteiger partial charge in [0.15, 0.2) is 0 Å². The van der Waals surface area contributed by atoms with Crippen molar-refractivity contribution in [3.05, 3.63) is 65.7 Å². The van der Waals surface area contributed by atoms with Crippen LogP contribution in [0.2, 0.25) is 0 Å². The lowest BCUT2D eigenvalue weighted by molar-refractivity contribution is 0.0162. The number of nitrogens with one attached hydrogen (secondary N) is 1. The Balaban J connectivity index is 1.72. The highest BCUT2D eigenvalue weighted by molar-refractivity contribution is 8.00. The third kappa shape index (κ3) is 5.58. The summed E-state index contributed by atoms with van der Waals surface area (Å²) in [6, 6.07) is 18.4. The lowest BCUT2D eigenvalue weighted by atomic mass is 10.0. The van der Waals surface area contributed by atoms with E-state index in [4.69, 9.17) is 4.74 Å². The van der Waals surface area contributed by atoms with Crippen molar-refractivity contribution in [1.82, 2.24) is 10.2 Å². The third-order valence-electron chi connectivity index (χ3n) is 4.62. The maximum absolute atomic E-state index is 12.9. The summed E-state index contributed by atoms with van der Waals surface area (Å²) in [5, 5.41) is 3.61. The smallest absolute Gasteiger partial charge is 0.252 e. The van der Waals surface area contributed by atoms with Crippen LogP contribution in [0.3, 0.4) is 0 Å². The number of amides is 1. The van der Waals surface area contributed by atoms with Gasteiger partial charge in [0, 0.05) is 29.8 Å². The highest BCUT2D eigenvalue weighted by Crippen LogP contribution is 2.27. The molecule has 0 aliphatic carbocycles. The molecule has 0 bridgehead atoms. The van der Waals surface area contributed by atoms with Crippen molar-refractivity contribution in [3.8, 4) is 0 Å². The number of hydrogen-bond donors (Lipinski definition) is 1. The summed E-state index contributed by atoms with van der Waals surface area (Å²) < 4.78 is 5.50. The van der Waals surface area contributed by atoms with Gasteiger partial charge in [-0.2, -0.15) is 0 Å². The van der Waals surface area contributed by atoms with Gasteiger partial charge < -0.3 is 10.1 Å². The fraction of sp³-hybridized carbons (Fsp3) is 0.409. The molecule has 4 nitrogen and oxygen atoms in total. The summed E-state index contributed by atoms with van der Waals surface area (Å²) in [6.45, 7) is 8.12. The van der Waals surface area contributed by atoms with Gasteiger partial charge in [-0.05, 0) is 17.7 Å². The van der Waals surface area contributed by atoms with Gasteiger partial charge in [0.1, 0.15) is 0 Å². The van der Waals surface area contributed by atoms with Crippen LogP contribution in [0, 0.1) is 0 Å². The van der Waals surface area contributed by atoms with Crippen molar-refractivity contribution < 1.29 is 9.53 Å². The van der Waals surface area contributed by atoms with Crippen molar-refractivity contribution >= 4 is 17.7 Å². The Morgan fingerprint density at radius 3 is 2.44 bits per heavy atom. The monoisotopic (exact) mass is 384 g/mol. The molecule has 0 radical (unpaired) electrons. The van der Waals surface area contributed by atoms with E-state index in [1.165, 1.54) is 5.56 Å². The Morgan fingerprint density at radius 1 is 1.07 bits per heavy atom. The molecular formula is C22H28N2O2S. The Labute approximate surface area is 166 Å². The van der Waals surface area contributed by atoms with E-state index in [9.17, 15) is 4.79 Å². The normalized spacial score (nSPS) is 16.3. The summed E-state index contributed by atoms with van der Waals surface area (Å²) >= 11 is 1.72. The second kappa shape index (κ2) is 9.93. The van der Waals surface area contributed by atoms with E-state index in [0.29, 0.717) is 11.8 Å². The molecule has 0 spiro atoms. The maximum Gasteiger partial charge on any atom is 0.252 e. The molecule has 3 rings (SSSR count). The summed E-state index contributed by atoms with van der Waals surface area (Å²) in [7, 11) is 0. The van der Waals surface area contributed by atoms with Crippen molar-refractivity contribution in [3.63, 3.8) is 0 Å². The minimum absolute atomic E-state index is 0.00654. The number of ether oxygens (including phenoxy) is 1. The maximum atomic E-state index is 12.9. The molecule has 1 amide bonds. The molecule has 2 aromatic carbocycles. The predicted molar refractivity (Wildman–Crippen MR) is 111 cm³/mol. The van der Waals surface area contributed by atoms with Crippen LogP contribution in [-0.4, -0.2) is 48.9 Å². The van der Waals surface area contributed by atoms with Crippen molar-refractivity contribution in [2.45, 2.75) is 30.0 Å². The minimum Gasteiger partial charge on any atom is -0.379 e. The highest BCUT2D eigenvalue weighted by atomic mass is 32.2. The molecule has 0 saturated carbocycles. The van der Waals surface area contributed by atoms with E-state index in [1.54, 1.807) is 11.8 Å². The standard InChI is InChI=1S/C22H28N2O2S/c1-17(2)27-21-11-7-6-10-19(21)22(25)23-16-20(18-8-4-3-5-9-18)24-12-14-26-15-13-24/h3-11,17,20H,12-16H2,1-2H3,(H,23,25). The number of hydrogen-bond acceptors (Lipinski definition) is 4. The van der Waals surface area contributed by atoms with Crippen molar-refractivity contribution in [2.75, 3.05) is 32.8 Å². The van der Waals surface area contributed by atoms with Crippen LogP contribution in [0.4, 0.5) is 0 Å². The SMILES string of the molecule is CC(C)Sc1ccccc1C(=O)NCC(c1ccccc1)N1CCOCC1. The quantitative estimate of drug-likeness (QED) is 0.733. The van der Waals surface area contributed by atoms with Crippen LogP contribution in [0.1, 0.15) is 35.8 Å². The summed E-state index contributed by atoms with van der Waals surface area (Å²) in [5.41, 5.74) is 1.98. The number of carbonyl (C=O) groups excluding carboxylic acids is 1. The number of carbonyl (C=O) groups is 1. The van der Waals surface area contributed by atoms with Crippen LogP contribution >= 0.6 is 11.8 Å². The molecule has 1 N–H and O–H groups in total. The van der Waals surface area contributed by atoms with Gasteiger partial charge in [-0.1, -0.05) is 56.3 Å². The molecular weight excluding hydrogens is 356 g/mol. The average Bonchev–Trinajstić information content (AvgIpc) is 2.69. The molecule has 1 heterocycles. The van der Waals surface area contributed by atoms with Crippen molar-refractivity contribution in [2.24, 2.45) is 0 Å². The Hall–Kier alpha value is -1.82. The second-order valence-electron chi connectivity index (χ2n) is 6.95. The lowest BCUT2D eigenvalue weighted by Crippen LogP contribution is -2.43. The zero-order valence-electron chi connectivity index (χ0n) is 16.1. The first-order chi connectivity index (χ1) is 13.1. The fourth-order valence-corrected chi connectivity index (χ4v) is 4.27. The molecule has 1 unspecified atom stereocenters. The van der Waals surface area contributed by atoms with Crippen LogP contribution in [0.5, 0.6) is 0 Å². The molecule has 1 atom stereocenters. The number of benzene rings is 2. The van der Waals surface area contributed by atoms with Gasteiger partial charge in [0.05, 0.1) is 24.8 Å². The molecule has 5 heteroatoms. The molecule has 1 aliphatic rings. The highest BCUT2D eigenvalue weighted by Gasteiger charge is 2.23. The predicted octanol–water partition coefficient (Wildman–Crippen LogP) is 3.99. The molecule has 1 saturated heterocycles. The molecule has 2 aromatic rings. The Kier molecular flexibility index (Phi) is 7.33. The first-order valence-corrected chi connectivity index (χ1v) is 10.4. The Morgan fingerprint density at radius 2 is 1.74 bits per heavy atom. The van der Waals surface area contributed by atoms with E-state index in [2.05, 4.69) is 48.3 Å². The van der Waals surface area contributed by atoms with Gasteiger partial charge in [0.25, 0.3) is 5.91 Å². The van der Waals surface area contributed by atoms with E-state index in [1.807, 2.05) is 30.3 Å². The van der Waals surface area contributed by atoms with E-state index in [0.717, 1.165) is 36.8 Å². The van der Waals surface area contributed by atoms with Crippen LogP contribution in [0.25, 0.3) is 0 Å². The van der Waals surface area contributed by atoms with Gasteiger partial charge in [-0.15, -0.1) is 11.8 Å². The number of thioether (sulfide) groups is 1. The Bertz CT molecular complexity index is 730. The molecule has 1 aliphatic heterocycles. The zero-order valence-corrected chi connectivity index (χ0v) is 16.9. The third-order valence-corrected chi connectivity index (χ3v) is 5.70. The fourth-order valence-electron chi connectivity index (χ4n) is 3.32. The topological polar surface area (TPSA) is 41.6 Å². The first kappa shape index (κ1) is 19.9. The second-order valence-corrected chi connectivity index (χ2v) is 8.57. The van der Waals surface area contributed by atoms with Gasteiger partial charge >= 0.3 is 0 Å². The van der Waals surface area contributed by atoms with Gasteiger partial charge in [-0.25, -0.2) is 0 Å². The van der Waals surface area contributed by atoms with Crippen LogP contribution in [0.15, 0.2) is 59.5 Å². The molecule has 144 valence electrons. The van der Waals surface area contributed by atoms with Crippen LogP contribution < -0.4 is 5.32 Å². The van der Waals surface area contributed by atoms with E-state index < -0.39 is 0 Å². The summed E-state index contributed by atoms with van der Waals surface area (Å²) in [4.78, 5) is 16.3. The molecule has 1 fully saturated rings. The summed E-state index contributed by atoms with van der Waals surface area (Å²) in [5.74, 6) is -0.00654. The molecule has 27 heavy (non-hydrogen) atoms. The van der Waals surface area contributed by atoms with E-state index in [-0.39, 0.29) is 11.9 Å². The van der Waals surface area contributed by atoms with E-state index >= 15 is 0 Å². The number of morpholine rings is 1. The minimum atomic E-state index is -0.00654. The summed E-state index contributed by atoms with van der Waals surface area (Å²) in [6.07, 6.45) is 0. The van der Waals surface area contributed by atoms with Crippen molar-refractivity contribution in [1.29, 1.82) is 0 Å². The lowest BCUT2D eigenvalue weighted by Gasteiger charge is -2.35. The average molecular weight is 385 g/mol. The largest absolute Gasteiger partial charge is 0.379 e.